The van der Waals surface area contributed by atoms with Crippen molar-refractivity contribution in [3.63, 3.8) is 0 Å². The molecule has 0 radical (unpaired) electrons. The summed E-state index contributed by atoms with van der Waals surface area (Å²) in [7, 11) is -7.27. The van der Waals surface area contributed by atoms with Gasteiger partial charge >= 0.3 is 14.8 Å². The third-order valence-electron chi connectivity index (χ3n) is 6.75. The lowest BCUT2D eigenvalue weighted by molar-refractivity contribution is -0.176. The maximum Gasteiger partial charge on any atom is 0.472 e. The summed E-state index contributed by atoms with van der Waals surface area (Å²) in [6.07, 6.45) is 1.27. The molecule has 0 bridgehead atoms. The highest BCUT2D eigenvalue weighted by Crippen LogP contribution is 2.53. The van der Waals surface area contributed by atoms with Gasteiger partial charge in [0, 0.05) is 34.1 Å². The van der Waals surface area contributed by atoms with E-state index in [0.717, 1.165) is 0 Å². The van der Waals surface area contributed by atoms with Gasteiger partial charge in [0.05, 0.1) is 0 Å². The molecule has 0 N–H and O–H groups in total. The minimum Gasteiger partial charge on any atom is -0.455 e. The number of esters is 1. The van der Waals surface area contributed by atoms with Crippen LogP contribution < -0.4 is 0 Å². The average Bonchev–Trinajstić information content (AvgIpc) is 2.53. The average molecular weight is 553 g/mol. The van der Waals surface area contributed by atoms with Crippen molar-refractivity contribution in [3.05, 3.63) is 12.7 Å². The Morgan fingerprint density at radius 2 is 1.42 bits per heavy atom. The van der Waals surface area contributed by atoms with Crippen LogP contribution in [0.25, 0.3) is 0 Å². The van der Waals surface area contributed by atoms with E-state index < -0.39 is 44.5 Å². The lowest BCUT2D eigenvalue weighted by Crippen LogP contribution is -2.70. The van der Waals surface area contributed by atoms with Gasteiger partial charge in [-0.3, -0.25) is 0 Å². The second-order valence-corrected chi connectivity index (χ2v) is 59.5. The smallest absolute Gasteiger partial charge is 0.455 e. The molecule has 5 nitrogen and oxygen atoms in total. The maximum absolute atomic E-state index is 12.4. The van der Waals surface area contributed by atoms with Crippen molar-refractivity contribution >= 4 is 65.1 Å². The number of ether oxygens (including phenoxy) is 1. The van der Waals surface area contributed by atoms with E-state index in [1.807, 2.05) is 0 Å². The van der Waals surface area contributed by atoms with Crippen molar-refractivity contribution in [1.29, 1.82) is 0 Å². The highest BCUT2D eigenvalue weighted by molar-refractivity contribution is 7.80. The minimum atomic E-state index is -3.00. The molecule has 1 fully saturated rings. The van der Waals surface area contributed by atoms with Crippen molar-refractivity contribution < 1.29 is 21.9 Å². The second kappa shape index (κ2) is 10.5. The van der Waals surface area contributed by atoms with E-state index in [9.17, 15) is 4.79 Å². The van der Waals surface area contributed by atoms with Gasteiger partial charge in [-0.25, -0.2) is 4.79 Å². The lowest BCUT2D eigenvalue weighted by atomic mass is 9.68. The second-order valence-electron chi connectivity index (χ2n) is 12.0. The summed E-state index contributed by atoms with van der Waals surface area (Å²) < 4.78 is 27.4. The number of hydrogen-bond donors (Lipinski definition) is 0. The zero-order valence-corrected chi connectivity index (χ0v) is 30.6. The van der Waals surface area contributed by atoms with Crippen LogP contribution >= 0.6 is 0 Å². The topological polar surface area (TPSA) is 54.0 Å². The molecule has 0 aromatic carbocycles. The molecular formula is C19H48O5Si7. The standard InChI is InChI=1S/C19H48O5Si7/c1-14-17(20)21-19(7,15(2)3)18(5,6)16(4)31(23-29(8,9)10,24-30(11,12)13)22-28-26-25-27-28/h14-16,28H,1,25-27H2,2-13H3. The lowest BCUT2D eigenvalue weighted by Gasteiger charge is -2.55. The van der Waals surface area contributed by atoms with E-state index in [4.69, 9.17) is 17.1 Å². The highest BCUT2D eigenvalue weighted by Gasteiger charge is 2.63. The molecule has 0 aliphatic carbocycles. The summed E-state index contributed by atoms with van der Waals surface area (Å²) in [5.74, 6) is -0.252. The van der Waals surface area contributed by atoms with Crippen molar-refractivity contribution in [2.75, 3.05) is 0 Å². The van der Waals surface area contributed by atoms with Gasteiger partial charge in [-0.05, 0) is 60.7 Å². The molecule has 1 rings (SSSR count). The minimum absolute atomic E-state index is 0.0289. The van der Waals surface area contributed by atoms with Gasteiger partial charge < -0.3 is 17.1 Å². The Kier molecular flexibility index (Phi) is 10.0. The van der Waals surface area contributed by atoms with Crippen LogP contribution in [0, 0.1) is 11.3 Å². The van der Waals surface area contributed by atoms with Crippen LogP contribution in [0.1, 0.15) is 41.5 Å². The fourth-order valence-corrected chi connectivity index (χ4v) is 61.2. The Hall–Kier alpha value is 0.608. The SMILES string of the molecule is C=CC(=O)OC(C)(C(C)C)C(C)(C)C(C)[Si](O[SiH]1[SiH2][SiH2][SiH2]1)(O[Si](C)(C)C)O[Si](C)(C)C. The summed E-state index contributed by atoms with van der Waals surface area (Å²) in [4.78, 5) is 12.4. The fourth-order valence-electron chi connectivity index (χ4n) is 4.04. The first-order valence-electron chi connectivity index (χ1n) is 11.7. The predicted molar refractivity (Wildman–Crippen MR) is 151 cm³/mol. The van der Waals surface area contributed by atoms with Crippen LogP contribution in [-0.2, 0) is 21.9 Å². The van der Waals surface area contributed by atoms with Crippen LogP contribution in [0.5, 0.6) is 0 Å². The first-order valence-corrected chi connectivity index (χ1v) is 35.4. The number of hydrogen-bond acceptors (Lipinski definition) is 5. The van der Waals surface area contributed by atoms with E-state index in [0.29, 0.717) is 8.55 Å². The molecule has 2 atom stereocenters. The van der Waals surface area contributed by atoms with E-state index in [2.05, 4.69) is 87.4 Å². The van der Waals surface area contributed by atoms with Crippen molar-refractivity contribution in [2.24, 2.45) is 11.3 Å². The van der Waals surface area contributed by atoms with Crippen LogP contribution in [0.4, 0.5) is 0 Å². The summed E-state index contributed by atoms with van der Waals surface area (Å²) in [5.41, 5.74) is -1.07. The predicted octanol–water partition coefficient (Wildman–Crippen LogP) is 2.27. The molecule has 31 heavy (non-hydrogen) atoms. The van der Waals surface area contributed by atoms with Crippen molar-refractivity contribution in [3.8, 4) is 0 Å². The van der Waals surface area contributed by atoms with Gasteiger partial charge in [-0.2, -0.15) is 0 Å². The Morgan fingerprint density at radius 1 is 0.968 bits per heavy atom. The Morgan fingerprint density at radius 3 is 1.71 bits per heavy atom. The van der Waals surface area contributed by atoms with E-state index in [1.54, 1.807) is 0 Å². The summed E-state index contributed by atoms with van der Waals surface area (Å²) in [6, 6.07) is 0. The quantitative estimate of drug-likeness (QED) is 0.211. The highest BCUT2D eigenvalue weighted by atomic mass is 30.1. The van der Waals surface area contributed by atoms with E-state index >= 15 is 0 Å². The zero-order valence-electron chi connectivity index (χ0n) is 22.2. The monoisotopic (exact) mass is 552 g/mol. The summed E-state index contributed by atoms with van der Waals surface area (Å²) >= 11 is 0. The number of carbonyl (C=O) groups is 1. The van der Waals surface area contributed by atoms with E-state index in [-0.39, 0.29) is 34.5 Å². The maximum atomic E-state index is 12.4. The fraction of sp³-hybridized carbons (Fsp3) is 0.842. The third-order valence-corrected chi connectivity index (χ3v) is 92.8. The molecule has 1 aliphatic heterocycles. The molecule has 1 saturated heterocycles. The van der Waals surface area contributed by atoms with Crippen molar-refractivity contribution in [1.82, 2.24) is 0 Å². The van der Waals surface area contributed by atoms with Gasteiger partial charge in [0.15, 0.2) is 16.6 Å². The first-order chi connectivity index (χ1) is 13.8. The molecule has 0 spiro atoms. The molecule has 1 aliphatic rings. The normalized spacial score (nSPS) is 23.6. The number of rotatable bonds is 12. The largest absolute Gasteiger partial charge is 0.472 e. The molecule has 2 unspecified atom stereocenters. The summed E-state index contributed by atoms with van der Waals surface area (Å²) in [5, 5.41) is 0. The van der Waals surface area contributed by atoms with Crippen molar-refractivity contribution in [2.45, 2.75) is 92.0 Å². The van der Waals surface area contributed by atoms with Crippen LogP contribution in [0.15, 0.2) is 12.7 Å². The van der Waals surface area contributed by atoms with Crippen LogP contribution in [0.3, 0.4) is 0 Å². The Balaban J connectivity index is 3.60. The number of carbonyl (C=O) groups excluding carboxylic acids is 1. The summed E-state index contributed by atoms with van der Waals surface area (Å²) in [6.45, 7) is 30.1. The molecule has 0 saturated carbocycles. The molecule has 0 amide bonds. The molecule has 182 valence electrons. The van der Waals surface area contributed by atoms with Gasteiger partial charge in [-0.1, -0.05) is 41.2 Å². The third kappa shape index (κ3) is 7.55. The molecule has 12 heteroatoms. The zero-order chi connectivity index (χ0) is 24.5. The molecule has 1 heterocycles. The Bertz CT molecular complexity index is 625. The molecule has 0 aromatic heterocycles. The first kappa shape index (κ1) is 29.6. The van der Waals surface area contributed by atoms with Gasteiger partial charge in [0.1, 0.15) is 13.7 Å². The van der Waals surface area contributed by atoms with Gasteiger partial charge in [-0.15, -0.1) is 0 Å². The Labute approximate surface area is 202 Å². The van der Waals surface area contributed by atoms with Gasteiger partial charge in [0.25, 0.3) is 0 Å². The molecular weight excluding hydrogens is 505 g/mol. The molecule has 0 aromatic rings. The van der Waals surface area contributed by atoms with Crippen LogP contribution in [-0.4, -0.2) is 70.7 Å². The van der Waals surface area contributed by atoms with Gasteiger partial charge in [0.2, 0.25) is 0 Å². The van der Waals surface area contributed by atoms with E-state index in [1.165, 1.54) is 6.08 Å². The van der Waals surface area contributed by atoms with Crippen LogP contribution in [0.2, 0.25) is 44.8 Å².